The normalized spacial score (nSPS) is 12.1. The molecule has 0 saturated heterocycles. The van der Waals surface area contributed by atoms with E-state index in [9.17, 15) is 0 Å². The zero-order valence-corrected chi connectivity index (χ0v) is 8.21. The van der Waals surface area contributed by atoms with E-state index in [0.29, 0.717) is 6.42 Å². The molecule has 13 heavy (non-hydrogen) atoms. The molecule has 0 aromatic carbocycles. The molecule has 2 N–H and O–H groups in total. The minimum atomic E-state index is -0.221. The van der Waals surface area contributed by atoms with Crippen LogP contribution in [0.2, 0.25) is 0 Å². The molecule has 1 rings (SSSR count). The number of thioether (sulfide) groups is 1. The first-order valence-corrected chi connectivity index (χ1v) is 5.13. The Labute approximate surface area is 82.0 Å². The molecule has 4 heteroatoms. The highest BCUT2D eigenvalue weighted by atomic mass is 32.2. The maximum absolute atomic E-state index is 8.50. The molecule has 3 nitrogen and oxygen atoms in total. The van der Waals surface area contributed by atoms with Gasteiger partial charge in [-0.3, -0.25) is 0 Å². The van der Waals surface area contributed by atoms with Crippen molar-refractivity contribution < 1.29 is 0 Å². The third-order valence-electron chi connectivity index (χ3n) is 1.70. The smallest absolute Gasteiger partial charge is 0.100 e. The van der Waals surface area contributed by atoms with E-state index in [1.165, 1.54) is 0 Å². The average Bonchev–Trinajstić information content (AvgIpc) is 2.18. The summed E-state index contributed by atoms with van der Waals surface area (Å²) in [5.41, 5.74) is 6.76. The Morgan fingerprint density at radius 3 is 3.15 bits per heavy atom. The predicted octanol–water partition coefficient (Wildman–Crippen LogP) is 1.72. The SMILES string of the molecule is CSc1ncccc1C(N)CC#N. The van der Waals surface area contributed by atoms with Crippen LogP contribution in [0.15, 0.2) is 23.4 Å². The lowest BCUT2D eigenvalue weighted by atomic mass is 10.1. The van der Waals surface area contributed by atoms with Crippen LogP contribution in [-0.4, -0.2) is 11.2 Å². The molecular formula is C9H11N3S. The van der Waals surface area contributed by atoms with Gasteiger partial charge < -0.3 is 5.73 Å². The molecule has 0 amide bonds. The first kappa shape index (κ1) is 10.0. The van der Waals surface area contributed by atoms with Crippen LogP contribution in [-0.2, 0) is 0 Å². The molecule has 0 bridgehead atoms. The fourth-order valence-electron chi connectivity index (χ4n) is 1.06. The Morgan fingerprint density at radius 1 is 1.77 bits per heavy atom. The van der Waals surface area contributed by atoms with Crippen LogP contribution in [0.3, 0.4) is 0 Å². The Morgan fingerprint density at radius 2 is 2.54 bits per heavy atom. The highest BCUT2D eigenvalue weighted by molar-refractivity contribution is 7.98. The average molecular weight is 193 g/mol. The number of hydrogen-bond donors (Lipinski definition) is 1. The Hall–Kier alpha value is -1.05. The van der Waals surface area contributed by atoms with Gasteiger partial charge in [0.25, 0.3) is 0 Å². The topological polar surface area (TPSA) is 62.7 Å². The second-order valence-electron chi connectivity index (χ2n) is 2.57. The summed E-state index contributed by atoms with van der Waals surface area (Å²) in [7, 11) is 0. The third kappa shape index (κ3) is 2.44. The molecule has 0 aliphatic rings. The Balaban J connectivity index is 2.93. The summed E-state index contributed by atoms with van der Waals surface area (Å²) in [6.07, 6.45) is 4.01. The second kappa shape index (κ2) is 4.85. The molecule has 1 atom stereocenters. The van der Waals surface area contributed by atoms with E-state index in [1.807, 2.05) is 18.4 Å². The largest absolute Gasteiger partial charge is 0.323 e. The van der Waals surface area contributed by atoms with Gasteiger partial charge in [0.05, 0.1) is 12.5 Å². The molecule has 1 aromatic heterocycles. The summed E-state index contributed by atoms with van der Waals surface area (Å²) >= 11 is 1.55. The zero-order valence-electron chi connectivity index (χ0n) is 7.40. The molecule has 0 saturated carbocycles. The number of nitrogens with zero attached hydrogens (tertiary/aromatic N) is 2. The van der Waals surface area contributed by atoms with E-state index in [4.69, 9.17) is 11.0 Å². The van der Waals surface area contributed by atoms with Crippen LogP contribution in [0.25, 0.3) is 0 Å². The summed E-state index contributed by atoms with van der Waals surface area (Å²) < 4.78 is 0. The molecule has 1 unspecified atom stereocenters. The van der Waals surface area contributed by atoms with Crippen LogP contribution in [0.4, 0.5) is 0 Å². The molecule has 0 aliphatic heterocycles. The van der Waals surface area contributed by atoms with Gasteiger partial charge >= 0.3 is 0 Å². The minimum Gasteiger partial charge on any atom is -0.323 e. The predicted molar refractivity (Wildman–Crippen MR) is 53.2 cm³/mol. The van der Waals surface area contributed by atoms with Crippen molar-refractivity contribution in [2.45, 2.75) is 17.5 Å². The molecule has 0 spiro atoms. The van der Waals surface area contributed by atoms with Crippen molar-refractivity contribution in [2.24, 2.45) is 5.73 Å². The summed E-state index contributed by atoms with van der Waals surface area (Å²) in [6.45, 7) is 0. The van der Waals surface area contributed by atoms with Gasteiger partial charge in [-0.05, 0) is 12.3 Å². The van der Waals surface area contributed by atoms with Gasteiger partial charge in [-0.15, -0.1) is 11.8 Å². The van der Waals surface area contributed by atoms with Gasteiger partial charge in [-0.25, -0.2) is 4.98 Å². The highest BCUT2D eigenvalue weighted by Crippen LogP contribution is 2.23. The first-order chi connectivity index (χ1) is 6.29. The van der Waals surface area contributed by atoms with Crippen LogP contribution in [0.1, 0.15) is 18.0 Å². The van der Waals surface area contributed by atoms with E-state index in [0.717, 1.165) is 10.6 Å². The highest BCUT2D eigenvalue weighted by Gasteiger charge is 2.10. The Kier molecular flexibility index (Phi) is 3.74. The number of nitrogens with two attached hydrogens (primary N) is 1. The quantitative estimate of drug-likeness (QED) is 0.742. The summed E-state index contributed by atoms with van der Waals surface area (Å²) in [6, 6.07) is 5.59. The molecular weight excluding hydrogens is 182 g/mol. The van der Waals surface area contributed by atoms with Crippen molar-refractivity contribution in [3.8, 4) is 6.07 Å². The van der Waals surface area contributed by atoms with E-state index in [2.05, 4.69) is 11.1 Å². The van der Waals surface area contributed by atoms with E-state index < -0.39 is 0 Å². The van der Waals surface area contributed by atoms with Gasteiger partial charge in [0.15, 0.2) is 0 Å². The molecule has 0 radical (unpaired) electrons. The van der Waals surface area contributed by atoms with Crippen LogP contribution in [0.5, 0.6) is 0 Å². The second-order valence-corrected chi connectivity index (χ2v) is 3.37. The van der Waals surface area contributed by atoms with Crippen molar-refractivity contribution in [1.82, 2.24) is 4.98 Å². The van der Waals surface area contributed by atoms with E-state index >= 15 is 0 Å². The van der Waals surface area contributed by atoms with Gasteiger partial charge in [0.2, 0.25) is 0 Å². The number of hydrogen-bond acceptors (Lipinski definition) is 4. The number of nitriles is 1. The monoisotopic (exact) mass is 193 g/mol. The maximum Gasteiger partial charge on any atom is 0.100 e. The molecule has 0 aliphatic carbocycles. The van der Waals surface area contributed by atoms with Crippen molar-refractivity contribution in [2.75, 3.05) is 6.26 Å². The fourth-order valence-corrected chi connectivity index (χ4v) is 1.69. The Bertz CT molecular complexity index is 319. The number of rotatable bonds is 3. The fraction of sp³-hybridized carbons (Fsp3) is 0.333. The maximum atomic E-state index is 8.50. The lowest BCUT2D eigenvalue weighted by Crippen LogP contribution is -2.10. The van der Waals surface area contributed by atoms with Crippen molar-refractivity contribution in [3.05, 3.63) is 23.9 Å². The standard InChI is InChI=1S/C9H11N3S/c1-13-9-7(3-2-6-12-9)8(11)4-5-10/h2-3,6,8H,4,11H2,1H3. The van der Waals surface area contributed by atoms with E-state index in [-0.39, 0.29) is 6.04 Å². The van der Waals surface area contributed by atoms with Crippen LogP contribution >= 0.6 is 11.8 Å². The van der Waals surface area contributed by atoms with E-state index in [1.54, 1.807) is 18.0 Å². The molecule has 1 aromatic rings. The lowest BCUT2D eigenvalue weighted by Gasteiger charge is -2.10. The molecule has 1 heterocycles. The van der Waals surface area contributed by atoms with Crippen molar-refractivity contribution in [3.63, 3.8) is 0 Å². The first-order valence-electron chi connectivity index (χ1n) is 3.91. The van der Waals surface area contributed by atoms with Gasteiger partial charge in [0, 0.05) is 17.8 Å². The molecule has 0 fully saturated rings. The van der Waals surface area contributed by atoms with Crippen molar-refractivity contribution in [1.29, 1.82) is 5.26 Å². The molecule has 68 valence electrons. The summed E-state index contributed by atoms with van der Waals surface area (Å²) in [5.74, 6) is 0. The summed E-state index contributed by atoms with van der Waals surface area (Å²) in [5, 5.41) is 9.41. The minimum absolute atomic E-state index is 0.221. The zero-order chi connectivity index (χ0) is 9.68. The van der Waals surface area contributed by atoms with Crippen LogP contribution < -0.4 is 5.73 Å². The number of aromatic nitrogens is 1. The van der Waals surface area contributed by atoms with Gasteiger partial charge in [-0.1, -0.05) is 6.07 Å². The lowest BCUT2D eigenvalue weighted by molar-refractivity contribution is 0.721. The third-order valence-corrected chi connectivity index (χ3v) is 2.43. The van der Waals surface area contributed by atoms with Gasteiger partial charge in [0.1, 0.15) is 5.03 Å². The van der Waals surface area contributed by atoms with Crippen molar-refractivity contribution >= 4 is 11.8 Å². The summed E-state index contributed by atoms with van der Waals surface area (Å²) in [4.78, 5) is 4.17. The van der Waals surface area contributed by atoms with Gasteiger partial charge in [-0.2, -0.15) is 5.26 Å². The van der Waals surface area contributed by atoms with Crippen LogP contribution in [0, 0.1) is 11.3 Å². The number of pyridine rings is 1.